The van der Waals surface area contributed by atoms with Gasteiger partial charge in [-0.3, -0.25) is 4.79 Å². The Kier molecular flexibility index (Phi) is 7.18. The van der Waals surface area contributed by atoms with Crippen LogP contribution in [0.15, 0.2) is 18.2 Å². The average molecular weight is 316 g/mol. The van der Waals surface area contributed by atoms with Crippen LogP contribution >= 0.6 is 12.2 Å². The Balaban J connectivity index is 2.74. The van der Waals surface area contributed by atoms with Gasteiger partial charge in [0.2, 0.25) is 5.91 Å². The Morgan fingerprint density at radius 2 is 2.10 bits per heavy atom. The Labute approximate surface area is 127 Å². The number of thiocarbonyl (C=S) groups is 1. The minimum atomic E-state index is -0.994. The van der Waals surface area contributed by atoms with Crippen molar-refractivity contribution in [2.45, 2.75) is 12.8 Å². The molecule has 0 saturated carbocycles. The molecule has 21 heavy (non-hydrogen) atoms. The number of amides is 1. The van der Waals surface area contributed by atoms with Crippen LogP contribution in [0, 0.1) is 11.6 Å². The number of rotatable bonds is 8. The molecule has 0 atom stereocenters. The fraction of sp³-hybridized carbons (Fsp3) is 0.429. The Morgan fingerprint density at radius 3 is 2.71 bits per heavy atom. The molecule has 4 nitrogen and oxygen atoms in total. The molecule has 2 N–H and O–H groups in total. The number of methoxy groups -OCH3 is 1. The fourth-order valence-electron chi connectivity index (χ4n) is 1.77. The number of nitrogens with zero attached hydrogens (tertiary/aromatic N) is 1. The summed E-state index contributed by atoms with van der Waals surface area (Å²) in [6.45, 7) is 1.01. The highest BCUT2D eigenvalue weighted by atomic mass is 32.1. The standard InChI is InChI=1S/C14H18F2N2O2S/c1-20-8-7-18(6-5-12(17)21)13(19)9-10-3-2-4-11(15)14(10)16/h2-4H,5-9H2,1H3,(H2,17,21). The monoisotopic (exact) mass is 316 g/mol. The number of carbonyl (C=O) groups excluding carboxylic acids is 1. The number of carbonyl (C=O) groups is 1. The lowest BCUT2D eigenvalue weighted by molar-refractivity contribution is -0.131. The van der Waals surface area contributed by atoms with E-state index in [1.165, 1.54) is 24.1 Å². The van der Waals surface area contributed by atoms with E-state index >= 15 is 0 Å². The van der Waals surface area contributed by atoms with E-state index in [9.17, 15) is 13.6 Å². The normalized spacial score (nSPS) is 10.4. The second-order valence-electron chi connectivity index (χ2n) is 4.48. The van der Waals surface area contributed by atoms with E-state index in [0.29, 0.717) is 31.1 Å². The summed E-state index contributed by atoms with van der Waals surface area (Å²) in [5.74, 6) is -2.29. The van der Waals surface area contributed by atoms with Crippen molar-refractivity contribution in [3.63, 3.8) is 0 Å². The van der Waals surface area contributed by atoms with Crippen molar-refractivity contribution in [2.75, 3.05) is 26.8 Å². The number of hydrogen-bond donors (Lipinski definition) is 1. The molecular weight excluding hydrogens is 298 g/mol. The second-order valence-corrected chi connectivity index (χ2v) is 5.00. The van der Waals surface area contributed by atoms with Crippen LogP contribution in [0.4, 0.5) is 8.78 Å². The molecule has 0 radical (unpaired) electrons. The minimum absolute atomic E-state index is 0.0257. The molecule has 0 heterocycles. The zero-order chi connectivity index (χ0) is 15.8. The summed E-state index contributed by atoms with van der Waals surface area (Å²) in [5, 5.41) is 0. The third-order valence-electron chi connectivity index (χ3n) is 2.92. The largest absolute Gasteiger partial charge is 0.393 e. The first-order valence-electron chi connectivity index (χ1n) is 6.43. The van der Waals surface area contributed by atoms with Crippen LogP contribution in [-0.4, -0.2) is 42.6 Å². The number of nitrogens with two attached hydrogens (primary N) is 1. The topological polar surface area (TPSA) is 55.6 Å². The predicted molar refractivity (Wildman–Crippen MR) is 79.9 cm³/mol. The van der Waals surface area contributed by atoms with E-state index < -0.39 is 11.6 Å². The van der Waals surface area contributed by atoms with Gasteiger partial charge in [0.05, 0.1) is 18.0 Å². The number of benzene rings is 1. The lowest BCUT2D eigenvalue weighted by Crippen LogP contribution is -2.37. The zero-order valence-corrected chi connectivity index (χ0v) is 12.6. The summed E-state index contributed by atoms with van der Waals surface area (Å²) in [4.78, 5) is 14.0. The van der Waals surface area contributed by atoms with Crippen molar-refractivity contribution in [3.8, 4) is 0 Å². The summed E-state index contributed by atoms with van der Waals surface area (Å²) in [7, 11) is 1.52. The quantitative estimate of drug-likeness (QED) is 0.741. The molecule has 1 aromatic rings. The molecule has 0 aliphatic carbocycles. The van der Waals surface area contributed by atoms with Crippen LogP contribution in [-0.2, 0) is 16.0 Å². The maximum atomic E-state index is 13.6. The maximum Gasteiger partial charge on any atom is 0.227 e. The van der Waals surface area contributed by atoms with Crippen LogP contribution in [0.5, 0.6) is 0 Å². The Morgan fingerprint density at radius 1 is 1.38 bits per heavy atom. The molecule has 1 aromatic carbocycles. The van der Waals surface area contributed by atoms with Crippen molar-refractivity contribution in [3.05, 3.63) is 35.4 Å². The van der Waals surface area contributed by atoms with Crippen LogP contribution < -0.4 is 5.73 Å². The predicted octanol–water partition coefficient (Wildman–Crippen LogP) is 1.66. The summed E-state index contributed by atoms with van der Waals surface area (Å²) >= 11 is 4.78. The number of ether oxygens (including phenoxy) is 1. The highest BCUT2D eigenvalue weighted by molar-refractivity contribution is 7.80. The van der Waals surface area contributed by atoms with E-state index in [-0.39, 0.29) is 17.9 Å². The van der Waals surface area contributed by atoms with Crippen molar-refractivity contribution >= 4 is 23.1 Å². The van der Waals surface area contributed by atoms with Gasteiger partial charge in [0, 0.05) is 32.2 Å². The first-order chi connectivity index (χ1) is 9.95. The highest BCUT2D eigenvalue weighted by Crippen LogP contribution is 2.13. The van der Waals surface area contributed by atoms with Gasteiger partial charge in [-0.15, -0.1) is 0 Å². The molecular formula is C14H18F2N2O2S. The summed E-state index contributed by atoms with van der Waals surface area (Å²) in [6, 6.07) is 3.77. The van der Waals surface area contributed by atoms with E-state index in [0.717, 1.165) is 6.07 Å². The van der Waals surface area contributed by atoms with E-state index in [2.05, 4.69) is 0 Å². The van der Waals surface area contributed by atoms with Gasteiger partial charge in [0.25, 0.3) is 0 Å². The zero-order valence-electron chi connectivity index (χ0n) is 11.8. The molecule has 1 rings (SSSR count). The van der Waals surface area contributed by atoms with Crippen LogP contribution in [0.3, 0.4) is 0 Å². The highest BCUT2D eigenvalue weighted by Gasteiger charge is 2.17. The summed E-state index contributed by atoms with van der Waals surface area (Å²) < 4.78 is 31.6. The molecule has 0 aliphatic heterocycles. The van der Waals surface area contributed by atoms with E-state index in [4.69, 9.17) is 22.7 Å². The molecule has 0 spiro atoms. The van der Waals surface area contributed by atoms with Gasteiger partial charge in [-0.05, 0) is 6.07 Å². The van der Waals surface area contributed by atoms with Crippen molar-refractivity contribution in [2.24, 2.45) is 5.73 Å². The summed E-state index contributed by atoms with van der Waals surface area (Å²) in [5.41, 5.74) is 5.44. The van der Waals surface area contributed by atoms with Gasteiger partial charge >= 0.3 is 0 Å². The van der Waals surface area contributed by atoms with Crippen molar-refractivity contribution in [1.82, 2.24) is 4.90 Å². The second kappa shape index (κ2) is 8.63. The third kappa shape index (κ3) is 5.73. The van der Waals surface area contributed by atoms with Gasteiger partial charge < -0.3 is 15.4 Å². The molecule has 0 fully saturated rings. The van der Waals surface area contributed by atoms with Gasteiger partial charge in [0.15, 0.2) is 11.6 Å². The first-order valence-corrected chi connectivity index (χ1v) is 6.84. The third-order valence-corrected chi connectivity index (χ3v) is 3.12. The van der Waals surface area contributed by atoms with Crippen LogP contribution in [0.25, 0.3) is 0 Å². The van der Waals surface area contributed by atoms with Crippen molar-refractivity contribution < 1.29 is 18.3 Å². The number of halogens is 2. The minimum Gasteiger partial charge on any atom is -0.393 e. The van der Waals surface area contributed by atoms with Crippen LogP contribution in [0.2, 0.25) is 0 Å². The molecule has 0 aromatic heterocycles. The lowest BCUT2D eigenvalue weighted by Gasteiger charge is -2.22. The Hall–Kier alpha value is -1.60. The molecule has 0 unspecified atom stereocenters. The summed E-state index contributed by atoms with van der Waals surface area (Å²) in [6.07, 6.45) is 0.154. The molecule has 116 valence electrons. The molecule has 7 heteroatoms. The van der Waals surface area contributed by atoms with E-state index in [1.54, 1.807) is 0 Å². The molecule has 0 aliphatic rings. The maximum absolute atomic E-state index is 13.6. The Bertz CT molecular complexity index is 512. The van der Waals surface area contributed by atoms with Gasteiger partial charge in [0.1, 0.15) is 0 Å². The van der Waals surface area contributed by atoms with E-state index in [1.807, 2.05) is 0 Å². The lowest BCUT2D eigenvalue weighted by atomic mass is 10.1. The van der Waals surface area contributed by atoms with Gasteiger partial charge in [-0.25, -0.2) is 8.78 Å². The van der Waals surface area contributed by atoms with Crippen LogP contribution in [0.1, 0.15) is 12.0 Å². The van der Waals surface area contributed by atoms with Gasteiger partial charge in [-0.2, -0.15) is 0 Å². The molecule has 0 saturated heterocycles. The number of hydrogen-bond acceptors (Lipinski definition) is 3. The average Bonchev–Trinajstić information content (AvgIpc) is 2.43. The van der Waals surface area contributed by atoms with Crippen molar-refractivity contribution in [1.29, 1.82) is 0 Å². The first kappa shape index (κ1) is 17.5. The fourth-order valence-corrected chi connectivity index (χ4v) is 1.86. The SMILES string of the molecule is COCCN(CCC(N)=S)C(=O)Cc1cccc(F)c1F. The smallest absolute Gasteiger partial charge is 0.227 e. The molecule has 0 bridgehead atoms. The molecule has 1 amide bonds. The van der Waals surface area contributed by atoms with Gasteiger partial charge in [-0.1, -0.05) is 24.4 Å².